The van der Waals surface area contributed by atoms with Gasteiger partial charge >= 0.3 is 0 Å². The van der Waals surface area contributed by atoms with E-state index in [2.05, 4.69) is 11.4 Å². The largest absolute Gasteiger partial charge is 0.493 e. The minimum absolute atomic E-state index is 0.0917. The molecule has 0 heterocycles. The average Bonchev–Trinajstić information content (AvgIpc) is 3.24. The predicted molar refractivity (Wildman–Crippen MR) is 77.6 cm³/mol. The zero-order valence-corrected chi connectivity index (χ0v) is 11.7. The Labute approximate surface area is 119 Å². The molecule has 3 N–H and O–H groups in total. The Morgan fingerprint density at radius 3 is 3.00 bits per heavy atom. The van der Waals surface area contributed by atoms with Gasteiger partial charge in [-0.15, -0.1) is 0 Å². The molecule has 4 heteroatoms. The van der Waals surface area contributed by atoms with Gasteiger partial charge in [-0.3, -0.25) is 4.79 Å². The topological polar surface area (TPSA) is 64.3 Å². The van der Waals surface area contributed by atoms with Gasteiger partial charge in [-0.2, -0.15) is 0 Å². The van der Waals surface area contributed by atoms with Gasteiger partial charge in [-0.1, -0.05) is 12.1 Å². The molecule has 0 bridgehead atoms. The first kappa shape index (κ1) is 13.4. The van der Waals surface area contributed by atoms with Crippen LogP contribution in [0.25, 0.3) is 0 Å². The van der Waals surface area contributed by atoms with Crippen molar-refractivity contribution in [2.24, 2.45) is 5.73 Å². The molecule has 1 saturated carbocycles. The molecule has 0 radical (unpaired) electrons. The van der Waals surface area contributed by atoms with Crippen LogP contribution in [0.3, 0.4) is 0 Å². The van der Waals surface area contributed by atoms with Crippen LogP contribution in [0.15, 0.2) is 18.2 Å². The van der Waals surface area contributed by atoms with Gasteiger partial charge in [0.05, 0.1) is 13.0 Å². The molecule has 1 aromatic rings. The molecule has 2 aliphatic carbocycles. The molecule has 0 aliphatic heterocycles. The Kier molecular flexibility index (Phi) is 3.92. The highest BCUT2D eigenvalue weighted by Gasteiger charge is 2.23. The highest BCUT2D eigenvalue weighted by atomic mass is 16.5. The maximum atomic E-state index is 11.6. The van der Waals surface area contributed by atoms with E-state index in [4.69, 9.17) is 10.5 Å². The average molecular weight is 274 g/mol. The van der Waals surface area contributed by atoms with E-state index in [1.165, 1.54) is 11.1 Å². The van der Waals surface area contributed by atoms with Crippen LogP contribution in [-0.4, -0.2) is 18.6 Å². The van der Waals surface area contributed by atoms with E-state index in [1.807, 2.05) is 12.1 Å². The number of nitrogens with one attached hydrogen (secondary N) is 1. The Bertz CT molecular complexity index is 497. The second kappa shape index (κ2) is 5.83. The monoisotopic (exact) mass is 274 g/mol. The van der Waals surface area contributed by atoms with Gasteiger partial charge in [0.1, 0.15) is 5.75 Å². The van der Waals surface area contributed by atoms with Crippen molar-refractivity contribution in [3.63, 3.8) is 0 Å². The van der Waals surface area contributed by atoms with Crippen molar-refractivity contribution >= 4 is 5.91 Å². The molecule has 1 atom stereocenters. The molecule has 20 heavy (non-hydrogen) atoms. The van der Waals surface area contributed by atoms with E-state index in [-0.39, 0.29) is 11.9 Å². The molecular formula is C16H22N2O2. The highest BCUT2D eigenvalue weighted by Crippen LogP contribution is 2.34. The molecule has 3 rings (SSSR count). The Balaban J connectivity index is 1.57. The fourth-order valence-electron chi connectivity index (χ4n) is 2.77. The first-order valence-corrected chi connectivity index (χ1v) is 7.53. The number of nitrogens with two attached hydrogens (primary N) is 1. The second-order valence-corrected chi connectivity index (χ2v) is 5.76. The van der Waals surface area contributed by atoms with E-state index in [0.29, 0.717) is 19.1 Å². The SMILES string of the molecule is NC1CCCc2c(OCCC(=O)NC3CC3)cccc21. The van der Waals surface area contributed by atoms with Crippen molar-refractivity contribution < 1.29 is 9.53 Å². The number of carbonyl (C=O) groups excluding carboxylic acids is 1. The first-order chi connectivity index (χ1) is 9.74. The molecular weight excluding hydrogens is 252 g/mol. The smallest absolute Gasteiger partial charge is 0.223 e. The molecule has 108 valence electrons. The van der Waals surface area contributed by atoms with Gasteiger partial charge < -0.3 is 15.8 Å². The van der Waals surface area contributed by atoms with Crippen molar-refractivity contribution in [2.45, 2.75) is 50.6 Å². The fraction of sp³-hybridized carbons (Fsp3) is 0.562. The minimum atomic E-state index is 0.0917. The van der Waals surface area contributed by atoms with Crippen LogP contribution in [0.2, 0.25) is 0 Å². The lowest BCUT2D eigenvalue weighted by Gasteiger charge is -2.24. The van der Waals surface area contributed by atoms with Crippen molar-refractivity contribution in [1.29, 1.82) is 0 Å². The van der Waals surface area contributed by atoms with Gasteiger partial charge in [-0.05, 0) is 49.3 Å². The Morgan fingerprint density at radius 2 is 2.20 bits per heavy atom. The third-order valence-electron chi connectivity index (χ3n) is 4.04. The summed E-state index contributed by atoms with van der Waals surface area (Å²) in [6.45, 7) is 0.435. The summed E-state index contributed by atoms with van der Waals surface area (Å²) in [5, 5.41) is 2.97. The standard InChI is InChI=1S/C16H22N2O2/c17-14-5-1-4-13-12(14)3-2-6-15(13)20-10-9-16(19)18-11-7-8-11/h2-3,6,11,14H,1,4-5,7-10,17H2,(H,18,19). The van der Waals surface area contributed by atoms with Gasteiger partial charge in [0.15, 0.2) is 0 Å². The summed E-state index contributed by atoms with van der Waals surface area (Å²) in [5.41, 5.74) is 8.57. The van der Waals surface area contributed by atoms with Crippen LogP contribution in [-0.2, 0) is 11.2 Å². The summed E-state index contributed by atoms with van der Waals surface area (Å²) in [6.07, 6.45) is 5.84. The Morgan fingerprint density at radius 1 is 1.35 bits per heavy atom. The third-order valence-corrected chi connectivity index (χ3v) is 4.04. The maximum Gasteiger partial charge on any atom is 0.223 e. The van der Waals surface area contributed by atoms with E-state index in [1.54, 1.807) is 0 Å². The number of ether oxygens (including phenoxy) is 1. The van der Waals surface area contributed by atoms with Gasteiger partial charge in [0, 0.05) is 12.1 Å². The maximum absolute atomic E-state index is 11.6. The molecule has 2 aliphatic rings. The first-order valence-electron chi connectivity index (χ1n) is 7.53. The predicted octanol–water partition coefficient (Wildman–Crippen LogP) is 2.07. The molecule has 4 nitrogen and oxygen atoms in total. The summed E-state index contributed by atoms with van der Waals surface area (Å²) < 4.78 is 5.81. The van der Waals surface area contributed by atoms with Gasteiger partial charge in [-0.25, -0.2) is 0 Å². The van der Waals surface area contributed by atoms with Crippen molar-refractivity contribution in [2.75, 3.05) is 6.61 Å². The molecule has 1 unspecified atom stereocenters. The number of benzene rings is 1. The van der Waals surface area contributed by atoms with Gasteiger partial charge in [0.2, 0.25) is 5.91 Å². The molecule has 0 aromatic heterocycles. The third kappa shape index (κ3) is 3.12. The normalized spacial score (nSPS) is 21.1. The van der Waals surface area contributed by atoms with Crippen LogP contribution < -0.4 is 15.8 Å². The molecule has 1 aromatic carbocycles. The summed E-state index contributed by atoms with van der Waals surface area (Å²) >= 11 is 0. The lowest BCUT2D eigenvalue weighted by atomic mass is 9.87. The van der Waals surface area contributed by atoms with Crippen LogP contribution in [0.1, 0.15) is 49.3 Å². The molecule has 0 saturated heterocycles. The minimum Gasteiger partial charge on any atom is -0.493 e. The van der Waals surface area contributed by atoms with Crippen molar-refractivity contribution in [1.82, 2.24) is 5.32 Å². The lowest BCUT2D eigenvalue weighted by Crippen LogP contribution is -2.26. The van der Waals surface area contributed by atoms with Crippen LogP contribution in [0, 0.1) is 0 Å². The number of fused-ring (bicyclic) bond motifs is 1. The summed E-state index contributed by atoms with van der Waals surface area (Å²) in [7, 11) is 0. The number of amides is 1. The Hall–Kier alpha value is -1.55. The molecule has 1 fully saturated rings. The number of rotatable bonds is 5. The van der Waals surface area contributed by atoms with Gasteiger partial charge in [0.25, 0.3) is 0 Å². The fourth-order valence-corrected chi connectivity index (χ4v) is 2.77. The zero-order valence-electron chi connectivity index (χ0n) is 11.7. The summed E-state index contributed by atoms with van der Waals surface area (Å²) in [4.78, 5) is 11.6. The number of hydrogen-bond donors (Lipinski definition) is 2. The summed E-state index contributed by atoms with van der Waals surface area (Å²) in [6, 6.07) is 6.61. The highest BCUT2D eigenvalue weighted by molar-refractivity contribution is 5.76. The van der Waals surface area contributed by atoms with Crippen LogP contribution >= 0.6 is 0 Å². The van der Waals surface area contributed by atoms with Crippen molar-refractivity contribution in [3.8, 4) is 5.75 Å². The van der Waals surface area contributed by atoms with E-state index in [0.717, 1.165) is 37.9 Å². The molecule has 0 spiro atoms. The van der Waals surface area contributed by atoms with E-state index >= 15 is 0 Å². The molecule has 1 amide bonds. The van der Waals surface area contributed by atoms with Crippen LogP contribution in [0.5, 0.6) is 5.75 Å². The van der Waals surface area contributed by atoms with Crippen LogP contribution in [0.4, 0.5) is 0 Å². The lowest BCUT2D eigenvalue weighted by molar-refractivity contribution is -0.121. The summed E-state index contributed by atoms with van der Waals surface area (Å²) in [5.74, 6) is 0.992. The van der Waals surface area contributed by atoms with E-state index in [9.17, 15) is 4.79 Å². The number of hydrogen-bond acceptors (Lipinski definition) is 3. The number of carbonyl (C=O) groups is 1. The zero-order chi connectivity index (χ0) is 13.9. The quantitative estimate of drug-likeness (QED) is 0.864. The van der Waals surface area contributed by atoms with Crippen molar-refractivity contribution in [3.05, 3.63) is 29.3 Å². The second-order valence-electron chi connectivity index (χ2n) is 5.76. The van der Waals surface area contributed by atoms with E-state index < -0.39 is 0 Å².